The summed E-state index contributed by atoms with van der Waals surface area (Å²) in [5.41, 5.74) is 0.391. The van der Waals surface area contributed by atoms with Crippen molar-refractivity contribution in [3.63, 3.8) is 0 Å². The molecule has 0 unspecified atom stereocenters. The summed E-state index contributed by atoms with van der Waals surface area (Å²) in [4.78, 5) is 34.5. The van der Waals surface area contributed by atoms with E-state index in [9.17, 15) is 14.4 Å². The van der Waals surface area contributed by atoms with Gasteiger partial charge in [0.05, 0.1) is 5.56 Å². The Kier molecular flexibility index (Phi) is 6.49. The molecular formula is C17H20O8. The maximum atomic E-state index is 12.0. The average molecular weight is 352 g/mol. The quantitative estimate of drug-likeness (QED) is 0.554. The summed E-state index contributed by atoms with van der Waals surface area (Å²) in [6.45, 7) is 2.28. The van der Waals surface area contributed by atoms with Gasteiger partial charge in [0, 0.05) is 21.0 Å². The minimum absolute atomic E-state index is 0.151. The summed E-state index contributed by atoms with van der Waals surface area (Å²) >= 11 is 0. The van der Waals surface area contributed by atoms with Crippen molar-refractivity contribution in [3.8, 4) is 0 Å². The van der Waals surface area contributed by atoms with Gasteiger partial charge in [0.25, 0.3) is 0 Å². The number of methoxy groups -OCH3 is 1. The molecule has 1 heterocycles. The van der Waals surface area contributed by atoms with Gasteiger partial charge in [-0.15, -0.1) is 0 Å². The SMILES string of the molecule is CO[C@H]1[C@H](OC(C)=O)[C@@H](OC(C)=O)O[C@H]1COC(=O)c1ccccc1. The van der Waals surface area contributed by atoms with Crippen molar-refractivity contribution >= 4 is 17.9 Å². The van der Waals surface area contributed by atoms with Crippen LogP contribution < -0.4 is 0 Å². The van der Waals surface area contributed by atoms with Crippen LogP contribution >= 0.6 is 0 Å². The lowest BCUT2D eigenvalue weighted by molar-refractivity contribution is -0.196. The van der Waals surface area contributed by atoms with E-state index in [0.29, 0.717) is 5.56 Å². The first-order valence-electron chi connectivity index (χ1n) is 7.67. The van der Waals surface area contributed by atoms with Gasteiger partial charge in [0.1, 0.15) is 18.8 Å². The normalized spacial score (nSPS) is 25.2. The van der Waals surface area contributed by atoms with E-state index in [0.717, 1.165) is 0 Å². The molecule has 1 aromatic rings. The van der Waals surface area contributed by atoms with Crippen LogP contribution in [0, 0.1) is 0 Å². The second-order valence-electron chi connectivity index (χ2n) is 5.39. The van der Waals surface area contributed by atoms with Crippen molar-refractivity contribution in [1.29, 1.82) is 0 Å². The van der Waals surface area contributed by atoms with Crippen LogP contribution in [0.1, 0.15) is 24.2 Å². The minimum atomic E-state index is -1.13. The average Bonchev–Trinajstić information content (AvgIpc) is 2.88. The van der Waals surface area contributed by atoms with E-state index in [1.165, 1.54) is 21.0 Å². The van der Waals surface area contributed by atoms with Crippen LogP contribution in [0.2, 0.25) is 0 Å². The van der Waals surface area contributed by atoms with Crippen molar-refractivity contribution in [2.45, 2.75) is 38.4 Å². The van der Waals surface area contributed by atoms with E-state index in [2.05, 4.69) is 0 Å². The highest BCUT2D eigenvalue weighted by Gasteiger charge is 2.49. The number of esters is 3. The first kappa shape index (κ1) is 18.9. The van der Waals surface area contributed by atoms with Crippen LogP contribution in [0.15, 0.2) is 30.3 Å². The van der Waals surface area contributed by atoms with Crippen molar-refractivity contribution in [3.05, 3.63) is 35.9 Å². The Morgan fingerprint density at radius 2 is 1.64 bits per heavy atom. The van der Waals surface area contributed by atoms with Gasteiger partial charge in [-0.05, 0) is 12.1 Å². The molecule has 136 valence electrons. The smallest absolute Gasteiger partial charge is 0.338 e. The molecule has 1 fully saturated rings. The molecule has 4 atom stereocenters. The molecule has 0 amide bonds. The van der Waals surface area contributed by atoms with E-state index in [4.69, 9.17) is 23.7 Å². The fourth-order valence-corrected chi connectivity index (χ4v) is 2.50. The topological polar surface area (TPSA) is 97.4 Å². The summed E-state index contributed by atoms with van der Waals surface area (Å²) in [7, 11) is 1.40. The molecule has 0 radical (unpaired) electrons. The molecule has 1 aliphatic rings. The number of ether oxygens (including phenoxy) is 5. The summed E-state index contributed by atoms with van der Waals surface area (Å²) in [6.07, 6.45) is -3.60. The predicted octanol–water partition coefficient (Wildman–Crippen LogP) is 1.08. The molecule has 0 N–H and O–H groups in total. The lowest BCUT2D eigenvalue weighted by Gasteiger charge is -2.21. The van der Waals surface area contributed by atoms with E-state index < -0.39 is 42.5 Å². The standard InChI is InChI=1S/C17H20O8/c1-10(18)23-15-14(21-3)13(25-17(15)24-11(2)19)9-22-16(20)12-7-5-4-6-8-12/h4-8,13-15,17H,9H2,1-3H3/t13-,14+,15-,17-/m0/s1. The number of benzene rings is 1. The maximum absolute atomic E-state index is 12.0. The van der Waals surface area contributed by atoms with Crippen LogP contribution in [-0.4, -0.2) is 56.2 Å². The number of carbonyl (C=O) groups excluding carboxylic acids is 3. The highest BCUT2D eigenvalue weighted by Crippen LogP contribution is 2.28. The molecule has 0 saturated carbocycles. The third kappa shape index (κ3) is 5.01. The van der Waals surface area contributed by atoms with Crippen molar-refractivity contribution in [2.75, 3.05) is 13.7 Å². The second-order valence-corrected chi connectivity index (χ2v) is 5.39. The summed E-state index contributed by atoms with van der Waals surface area (Å²) in [5.74, 6) is -1.70. The van der Waals surface area contributed by atoms with E-state index in [1.807, 2.05) is 0 Å². The first-order chi connectivity index (χ1) is 11.9. The van der Waals surface area contributed by atoms with Gasteiger partial charge >= 0.3 is 17.9 Å². The number of carbonyl (C=O) groups is 3. The molecule has 1 aliphatic heterocycles. The largest absolute Gasteiger partial charge is 0.459 e. The molecule has 2 rings (SSSR count). The molecule has 8 nitrogen and oxygen atoms in total. The molecule has 0 aliphatic carbocycles. The molecule has 1 saturated heterocycles. The number of rotatable bonds is 6. The fraction of sp³-hybridized carbons (Fsp3) is 0.471. The molecule has 0 bridgehead atoms. The maximum Gasteiger partial charge on any atom is 0.338 e. The Morgan fingerprint density at radius 3 is 2.20 bits per heavy atom. The molecular weight excluding hydrogens is 332 g/mol. The van der Waals surface area contributed by atoms with Crippen LogP contribution in [0.5, 0.6) is 0 Å². The Bertz CT molecular complexity index is 614. The van der Waals surface area contributed by atoms with Crippen LogP contribution in [0.25, 0.3) is 0 Å². The Hall–Kier alpha value is -2.45. The van der Waals surface area contributed by atoms with Crippen LogP contribution in [0.4, 0.5) is 0 Å². The van der Waals surface area contributed by atoms with Gasteiger partial charge in [0.15, 0.2) is 6.10 Å². The van der Waals surface area contributed by atoms with Gasteiger partial charge < -0.3 is 23.7 Å². The van der Waals surface area contributed by atoms with Gasteiger partial charge in [0.2, 0.25) is 6.29 Å². The lowest BCUT2D eigenvalue weighted by Crippen LogP contribution is -2.40. The van der Waals surface area contributed by atoms with Crippen LogP contribution in [0.3, 0.4) is 0 Å². The molecule has 25 heavy (non-hydrogen) atoms. The van der Waals surface area contributed by atoms with Gasteiger partial charge in [-0.1, -0.05) is 18.2 Å². The highest BCUT2D eigenvalue weighted by molar-refractivity contribution is 5.89. The third-order valence-corrected chi connectivity index (χ3v) is 3.51. The van der Waals surface area contributed by atoms with Crippen LogP contribution in [-0.2, 0) is 33.3 Å². The van der Waals surface area contributed by atoms with Crippen molar-refractivity contribution in [1.82, 2.24) is 0 Å². The Morgan fingerprint density at radius 1 is 1.00 bits per heavy atom. The third-order valence-electron chi connectivity index (χ3n) is 3.51. The van der Waals surface area contributed by atoms with Crippen molar-refractivity contribution in [2.24, 2.45) is 0 Å². The van der Waals surface area contributed by atoms with Gasteiger partial charge in [-0.25, -0.2) is 4.79 Å². The second kappa shape index (κ2) is 8.59. The zero-order valence-corrected chi connectivity index (χ0v) is 14.2. The molecule has 1 aromatic carbocycles. The summed E-state index contributed by atoms with van der Waals surface area (Å²) < 4.78 is 26.2. The minimum Gasteiger partial charge on any atom is -0.459 e. The van der Waals surface area contributed by atoms with Gasteiger partial charge in [-0.2, -0.15) is 0 Å². The number of hydrogen-bond donors (Lipinski definition) is 0. The van der Waals surface area contributed by atoms with E-state index in [-0.39, 0.29) is 6.61 Å². The number of hydrogen-bond acceptors (Lipinski definition) is 8. The monoisotopic (exact) mass is 352 g/mol. The highest BCUT2D eigenvalue weighted by atomic mass is 16.7. The van der Waals surface area contributed by atoms with Crippen molar-refractivity contribution < 1.29 is 38.1 Å². The summed E-state index contributed by atoms with van der Waals surface area (Å²) in [6, 6.07) is 8.46. The zero-order valence-electron chi connectivity index (χ0n) is 14.2. The lowest BCUT2D eigenvalue weighted by atomic mass is 10.1. The summed E-state index contributed by atoms with van der Waals surface area (Å²) in [5, 5.41) is 0. The molecule has 8 heteroatoms. The van der Waals surface area contributed by atoms with Gasteiger partial charge in [-0.3, -0.25) is 9.59 Å². The fourth-order valence-electron chi connectivity index (χ4n) is 2.50. The Balaban J connectivity index is 2.04. The first-order valence-corrected chi connectivity index (χ1v) is 7.67. The predicted molar refractivity (Wildman–Crippen MR) is 83.5 cm³/mol. The van der Waals surface area contributed by atoms with E-state index >= 15 is 0 Å². The van der Waals surface area contributed by atoms with E-state index in [1.54, 1.807) is 30.3 Å². The Labute approximate surface area is 144 Å². The molecule has 0 aromatic heterocycles. The zero-order chi connectivity index (χ0) is 18.4. The molecule has 0 spiro atoms.